The van der Waals surface area contributed by atoms with Crippen molar-refractivity contribution in [2.24, 2.45) is 5.41 Å². The van der Waals surface area contributed by atoms with Gasteiger partial charge in [0.2, 0.25) is 0 Å². The second kappa shape index (κ2) is 19.6. The normalized spacial score (nSPS) is 12.5. The SMILES string of the molecule is CCCCCOC(=O)Oc1ccc(C[C@H](NCC(C)OC(=O)OCC(C)(C)C)C(=O)O)cc1OC(=O)OCCCCC. The number of unbranched alkanes of at least 4 members (excludes halogenated alkanes) is 4. The number of nitrogens with one attached hydrogen (secondary N) is 1. The molecule has 0 aliphatic heterocycles. The lowest BCUT2D eigenvalue weighted by molar-refractivity contribution is -0.139. The van der Waals surface area contributed by atoms with Crippen LogP contribution in [0.25, 0.3) is 0 Å². The molecule has 0 radical (unpaired) electrons. The molecule has 0 aliphatic carbocycles. The third kappa shape index (κ3) is 16.7. The summed E-state index contributed by atoms with van der Waals surface area (Å²) >= 11 is 0. The molecule has 1 aromatic rings. The van der Waals surface area contributed by atoms with Gasteiger partial charge in [-0.3, -0.25) is 4.79 Å². The molecule has 238 valence electrons. The number of rotatable bonds is 18. The summed E-state index contributed by atoms with van der Waals surface area (Å²) in [5, 5.41) is 12.6. The molecule has 2 N–H and O–H groups in total. The predicted molar refractivity (Wildman–Crippen MR) is 154 cm³/mol. The molecule has 12 heteroatoms. The van der Waals surface area contributed by atoms with Gasteiger partial charge >= 0.3 is 24.4 Å². The Hall–Kier alpha value is -3.54. The second-order valence-electron chi connectivity index (χ2n) is 11.1. The van der Waals surface area contributed by atoms with Gasteiger partial charge in [-0.1, -0.05) is 66.4 Å². The van der Waals surface area contributed by atoms with E-state index in [4.69, 9.17) is 28.4 Å². The van der Waals surface area contributed by atoms with E-state index in [0.717, 1.165) is 25.7 Å². The molecule has 0 saturated carbocycles. The molecule has 0 saturated heterocycles. The van der Waals surface area contributed by atoms with Crippen LogP contribution in [0.2, 0.25) is 0 Å². The molecule has 12 nitrogen and oxygen atoms in total. The van der Waals surface area contributed by atoms with Crippen LogP contribution in [0.4, 0.5) is 14.4 Å². The summed E-state index contributed by atoms with van der Waals surface area (Å²) in [6.45, 7) is 11.9. The first kappa shape index (κ1) is 36.5. The second-order valence-corrected chi connectivity index (χ2v) is 11.1. The minimum absolute atomic E-state index is 0.0276. The van der Waals surface area contributed by atoms with E-state index in [1.165, 1.54) is 12.1 Å². The number of aliphatic carboxylic acids is 1. The number of hydrogen-bond acceptors (Lipinski definition) is 11. The lowest BCUT2D eigenvalue weighted by Crippen LogP contribution is -2.42. The maximum atomic E-state index is 12.3. The lowest BCUT2D eigenvalue weighted by atomic mass is 9.99. The fourth-order valence-electron chi connectivity index (χ4n) is 3.40. The van der Waals surface area contributed by atoms with Gasteiger partial charge in [0.05, 0.1) is 19.8 Å². The fourth-order valence-corrected chi connectivity index (χ4v) is 3.40. The minimum atomic E-state index is -1.15. The van der Waals surface area contributed by atoms with Gasteiger partial charge in [-0.05, 0) is 49.3 Å². The summed E-state index contributed by atoms with van der Waals surface area (Å²) in [5.74, 6) is -1.35. The van der Waals surface area contributed by atoms with E-state index < -0.39 is 36.6 Å². The van der Waals surface area contributed by atoms with E-state index >= 15 is 0 Å². The molecule has 42 heavy (non-hydrogen) atoms. The summed E-state index contributed by atoms with van der Waals surface area (Å²) in [7, 11) is 0. The van der Waals surface area contributed by atoms with Gasteiger partial charge in [0.25, 0.3) is 0 Å². The summed E-state index contributed by atoms with van der Waals surface area (Å²) < 4.78 is 31.0. The summed E-state index contributed by atoms with van der Waals surface area (Å²) in [6, 6.07) is 3.25. The van der Waals surface area contributed by atoms with Gasteiger partial charge in [0.15, 0.2) is 11.5 Å². The zero-order valence-corrected chi connectivity index (χ0v) is 25.7. The average Bonchev–Trinajstić information content (AvgIpc) is 2.91. The monoisotopic (exact) mass is 597 g/mol. The van der Waals surface area contributed by atoms with E-state index in [9.17, 15) is 24.3 Å². The number of carbonyl (C=O) groups excluding carboxylic acids is 3. The fraction of sp³-hybridized carbons (Fsp3) is 0.667. The first-order chi connectivity index (χ1) is 19.8. The molecule has 1 aromatic carbocycles. The molecule has 0 heterocycles. The number of carbonyl (C=O) groups is 4. The molecular formula is C30H47NO11. The molecule has 1 rings (SSSR count). The Balaban J connectivity index is 2.91. The van der Waals surface area contributed by atoms with Gasteiger partial charge in [0.1, 0.15) is 12.1 Å². The van der Waals surface area contributed by atoms with Gasteiger partial charge in [-0.25, -0.2) is 14.4 Å². The maximum Gasteiger partial charge on any atom is 0.513 e. The highest BCUT2D eigenvalue weighted by atomic mass is 16.7. The Morgan fingerprint density at radius 3 is 1.93 bits per heavy atom. The van der Waals surface area contributed by atoms with Crippen LogP contribution in [0.3, 0.4) is 0 Å². The summed E-state index contributed by atoms with van der Waals surface area (Å²) in [5.41, 5.74) is 0.240. The number of carboxylic acids is 1. The van der Waals surface area contributed by atoms with Crippen molar-refractivity contribution in [3.05, 3.63) is 23.8 Å². The van der Waals surface area contributed by atoms with Crippen LogP contribution in [-0.4, -0.2) is 68.1 Å². The van der Waals surface area contributed by atoms with E-state index in [1.807, 2.05) is 34.6 Å². The third-order valence-corrected chi connectivity index (χ3v) is 5.64. The Labute approximate surface area is 248 Å². The molecule has 0 aliphatic rings. The highest BCUT2D eigenvalue weighted by Crippen LogP contribution is 2.30. The summed E-state index contributed by atoms with van der Waals surface area (Å²) in [6.07, 6.45) is 1.56. The molecule has 0 aromatic heterocycles. The standard InChI is InChI=1S/C30H47NO11/c1-7-9-11-15-37-27(34)41-24-14-13-22(18-25(24)42-28(35)38-16-12-10-8-2)17-23(26(32)33)31-19-21(3)40-29(36)39-20-30(4,5)6/h13-14,18,21,23,31H,7-12,15-17,19-20H2,1-6H3,(H,32,33)/t21?,23-/m0/s1. The van der Waals surface area contributed by atoms with Gasteiger partial charge in [0, 0.05) is 6.54 Å². The van der Waals surface area contributed by atoms with Crippen molar-refractivity contribution in [3.63, 3.8) is 0 Å². The first-order valence-electron chi connectivity index (χ1n) is 14.5. The Bertz CT molecular complexity index is 990. The molecule has 0 fully saturated rings. The van der Waals surface area contributed by atoms with Crippen LogP contribution in [0.15, 0.2) is 18.2 Å². The Morgan fingerprint density at radius 2 is 1.40 bits per heavy atom. The predicted octanol–water partition coefficient (Wildman–Crippen LogP) is 6.27. The van der Waals surface area contributed by atoms with E-state index in [0.29, 0.717) is 18.4 Å². The topological polar surface area (TPSA) is 156 Å². The quantitative estimate of drug-likeness (QED) is 0.0847. The van der Waals surface area contributed by atoms with Gasteiger partial charge in [-0.2, -0.15) is 0 Å². The van der Waals surface area contributed by atoms with Crippen LogP contribution < -0.4 is 14.8 Å². The van der Waals surface area contributed by atoms with Crippen LogP contribution in [0.1, 0.15) is 85.6 Å². The Morgan fingerprint density at radius 1 is 0.833 bits per heavy atom. The highest BCUT2D eigenvalue weighted by Gasteiger charge is 2.23. The first-order valence-corrected chi connectivity index (χ1v) is 14.5. The van der Waals surface area contributed by atoms with Crippen LogP contribution in [0, 0.1) is 5.41 Å². The van der Waals surface area contributed by atoms with E-state index in [-0.39, 0.29) is 49.7 Å². The van der Waals surface area contributed by atoms with Crippen molar-refractivity contribution >= 4 is 24.4 Å². The average molecular weight is 598 g/mol. The number of ether oxygens (including phenoxy) is 6. The molecule has 2 atom stereocenters. The highest BCUT2D eigenvalue weighted by molar-refractivity contribution is 5.74. The third-order valence-electron chi connectivity index (χ3n) is 5.64. The van der Waals surface area contributed by atoms with Crippen molar-refractivity contribution in [2.75, 3.05) is 26.4 Å². The zero-order valence-electron chi connectivity index (χ0n) is 25.7. The van der Waals surface area contributed by atoms with Gasteiger partial charge in [-0.15, -0.1) is 0 Å². The van der Waals surface area contributed by atoms with Crippen molar-refractivity contribution in [3.8, 4) is 11.5 Å². The maximum absolute atomic E-state index is 12.3. The number of hydrogen-bond donors (Lipinski definition) is 2. The number of benzene rings is 1. The van der Waals surface area contributed by atoms with Crippen molar-refractivity contribution < 1.29 is 52.7 Å². The molecule has 0 spiro atoms. The van der Waals surface area contributed by atoms with Crippen molar-refractivity contribution in [2.45, 2.75) is 98.6 Å². The zero-order chi connectivity index (χ0) is 31.5. The van der Waals surface area contributed by atoms with Crippen molar-refractivity contribution in [1.82, 2.24) is 5.32 Å². The largest absolute Gasteiger partial charge is 0.513 e. The van der Waals surface area contributed by atoms with Crippen LogP contribution in [0.5, 0.6) is 11.5 Å². The van der Waals surface area contributed by atoms with Crippen LogP contribution in [-0.2, 0) is 30.2 Å². The molecule has 0 amide bonds. The van der Waals surface area contributed by atoms with Crippen LogP contribution >= 0.6 is 0 Å². The number of carboxylic acid groups (broad SMARTS) is 1. The molecular weight excluding hydrogens is 550 g/mol. The molecule has 1 unspecified atom stereocenters. The summed E-state index contributed by atoms with van der Waals surface area (Å²) in [4.78, 5) is 48.3. The molecule has 0 bridgehead atoms. The Kier molecular flexibility index (Phi) is 17.0. The lowest BCUT2D eigenvalue weighted by Gasteiger charge is -2.21. The smallest absolute Gasteiger partial charge is 0.480 e. The minimum Gasteiger partial charge on any atom is -0.480 e. The van der Waals surface area contributed by atoms with Crippen molar-refractivity contribution in [1.29, 1.82) is 0 Å². The van der Waals surface area contributed by atoms with E-state index in [1.54, 1.807) is 13.0 Å². The van der Waals surface area contributed by atoms with E-state index in [2.05, 4.69) is 5.32 Å². The van der Waals surface area contributed by atoms with Gasteiger partial charge < -0.3 is 38.8 Å².